The molecule has 1 aliphatic rings. The Bertz CT molecular complexity index is 141. The van der Waals surface area contributed by atoms with Crippen molar-refractivity contribution >= 4 is 0 Å². The van der Waals surface area contributed by atoms with Gasteiger partial charge in [0.25, 0.3) is 0 Å². The first-order valence-electron chi connectivity index (χ1n) is 5.85. The van der Waals surface area contributed by atoms with Crippen LogP contribution in [0.3, 0.4) is 0 Å². The van der Waals surface area contributed by atoms with Crippen molar-refractivity contribution in [2.24, 2.45) is 0 Å². The van der Waals surface area contributed by atoms with Crippen LogP contribution in [0.1, 0.15) is 32.1 Å². The molecule has 0 amide bonds. The third-order valence-electron chi connectivity index (χ3n) is 2.92. The van der Waals surface area contributed by atoms with Crippen LogP contribution in [0.2, 0.25) is 0 Å². The van der Waals surface area contributed by atoms with Crippen molar-refractivity contribution in [1.82, 2.24) is 10.2 Å². The molecule has 84 valence electrons. The predicted molar refractivity (Wildman–Crippen MR) is 59.5 cm³/mol. The van der Waals surface area contributed by atoms with Crippen molar-refractivity contribution < 1.29 is 5.11 Å². The zero-order chi connectivity index (χ0) is 10.2. The van der Waals surface area contributed by atoms with Gasteiger partial charge in [-0.15, -0.1) is 0 Å². The average Bonchev–Trinajstić information content (AvgIpc) is 2.18. The van der Waals surface area contributed by atoms with Gasteiger partial charge < -0.3 is 15.3 Å². The monoisotopic (exact) mass is 200 g/mol. The minimum atomic E-state index is 0.352. The lowest BCUT2D eigenvalue weighted by atomic mass is 10.1. The van der Waals surface area contributed by atoms with Crippen LogP contribution in [-0.2, 0) is 0 Å². The number of hydrogen-bond donors (Lipinski definition) is 2. The number of likely N-dealkylation sites (N-methyl/N-ethyl adjacent to an activating group) is 1. The molecule has 1 rings (SSSR count). The summed E-state index contributed by atoms with van der Waals surface area (Å²) in [5.74, 6) is 0. The van der Waals surface area contributed by atoms with Crippen molar-refractivity contribution in [3.05, 3.63) is 0 Å². The molecule has 14 heavy (non-hydrogen) atoms. The van der Waals surface area contributed by atoms with E-state index in [1.807, 2.05) is 0 Å². The molecule has 1 fully saturated rings. The van der Waals surface area contributed by atoms with Gasteiger partial charge in [0.05, 0.1) is 0 Å². The molecule has 1 unspecified atom stereocenters. The predicted octanol–water partition coefficient (Wildman–Crippen LogP) is 0.833. The lowest BCUT2D eigenvalue weighted by molar-refractivity contribution is 0.228. The average molecular weight is 200 g/mol. The number of nitrogens with one attached hydrogen (secondary N) is 1. The van der Waals surface area contributed by atoms with Crippen molar-refractivity contribution in [3.63, 3.8) is 0 Å². The maximum atomic E-state index is 8.63. The Morgan fingerprint density at radius 3 is 2.79 bits per heavy atom. The van der Waals surface area contributed by atoms with Gasteiger partial charge in [0.2, 0.25) is 0 Å². The minimum absolute atomic E-state index is 0.352. The highest BCUT2D eigenvalue weighted by molar-refractivity contribution is 4.76. The molecule has 1 atom stereocenters. The van der Waals surface area contributed by atoms with Crippen LogP contribution in [-0.4, -0.2) is 49.3 Å². The van der Waals surface area contributed by atoms with Crippen LogP contribution >= 0.6 is 0 Å². The quantitative estimate of drug-likeness (QED) is 0.624. The van der Waals surface area contributed by atoms with Gasteiger partial charge in [-0.2, -0.15) is 0 Å². The van der Waals surface area contributed by atoms with E-state index in [1.54, 1.807) is 0 Å². The third-order valence-corrected chi connectivity index (χ3v) is 2.92. The normalized spacial score (nSPS) is 24.0. The summed E-state index contributed by atoms with van der Waals surface area (Å²) in [6.07, 6.45) is 6.00. The highest BCUT2D eigenvalue weighted by Crippen LogP contribution is 2.08. The van der Waals surface area contributed by atoms with E-state index in [9.17, 15) is 0 Å². The Balaban J connectivity index is 1.95. The summed E-state index contributed by atoms with van der Waals surface area (Å²) >= 11 is 0. The largest absolute Gasteiger partial charge is 0.396 e. The first kappa shape index (κ1) is 12.0. The Hall–Kier alpha value is -0.120. The maximum Gasteiger partial charge on any atom is 0.0431 e. The van der Waals surface area contributed by atoms with Gasteiger partial charge in [-0.1, -0.05) is 19.3 Å². The molecule has 0 saturated carbocycles. The second-order valence-electron chi connectivity index (χ2n) is 4.34. The van der Waals surface area contributed by atoms with Crippen LogP contribution in [0, 0.1) is 0 Å². The Morgan fingerprint density at radius 2 is 2.07 bits per heavy atom. The number of hydrogen-bond acceptors (Lipinski definition) is 3. The van der Waals surface area contributed by atoms with E-state index in [4.69, 9.17) is 5.11 Å². The molecule has 0 radical (unpaired) electrons. The molecule has 0 spiro atoms. The Morgan fingerprint density at radius 1 is 1.29 bits per heavy atom. The van der Waals surface area contributed by atoms with Crippen molar-refractivity contribution in [2.45, 2.75) is 38.1 Å². The Labute approximate surface area is 87.5 Å². The molecule has 3 nitrogen and oxygen atoms in total. The standard InChI is InChI=1S/C11H24N2O/c1-13-8-7-12-11(10-13)6-4-2-3-5-9-14/h11-12,14H,2-10H2,1H3. The highest BCUT2D eigenvalue weighted by atomic mass is 16.2. The van der Waals surface area contributed by atoms with E-state index in [2.05, 4.69) is 17.3 Å². The highest BCUT2D eigenvalue weighted by Gasteiger charge is 2.15. The van der Waals surface area contributed by atoms with Gasteiger partial charge in [-0.25, -0.2) is 0 Å². The minimum Gasteiger partial charge on any atom is -0.396 e. The van der Waals surface area contributed by atoms with Crippen molar-refractivity contribution in [1.29, 1.82) is 0 Å². The number of aliphatic hydroxyl groups is 1. The molecule has 0 aliphatic carbocycles. The van der Waals surface area contributed by atoms with E-state index in [0.29, 0.717) is 12.6 Å². The van der Waals surface area contributed by atoms with Gasteiger partial charge in [-0.05, 0) is 19.9 Å². The molecule has 0 bridgehead atoms. The fourth-order valence-corrected chi connectivity index (χ4v) is 2.04. The van der Waals surface area contributed by atoms with Gasteiger partial charge in [0, 0.05) is 32.3 Å². The zero-order valence-corrected chi connectivity index (χ0v) is 9.34. The molecule has 0 aromatic rings. The van der Waals surface area contributed by atoms with E-state index < -0.39 is 0 Å². The van der Waals surface area contributed by atoms with Crippen LogP contribution in [0.4, 0.5) is 0 Å². The maximum absolute atomic E-state index is 8.63. The van der Waals surface area contributed by atoms with E-state index >= 15 is 0 Å². The summed E-state index contributed by atoms with van der Waals surface area (Å²) in [4.78, 5) is 2.40. The third kappa shape index (κ3) is 4.94. The first-order valence-corrected chi connectivity index (χ1v) is 5.85. The second-order valence-corrected chi connectivity index (χ2v) is 4.34. The summed E-state index contributed by atoms with van der Waals surface area (Å²) in [6, 6.07) is 0.697. The van der Waals surface area contributed by atoms with Crippen LogP contribution < -0.4 is 5.32 Å². The van der Waals surface area contributed by atoms with Gasteiger partial charge in [0.1, 0.15) is 0 Å². The number of nitrogens with zero attached hydrogens (tertiary/aromatic N) is 1. The fraction of sp³-hybridized carbons (Fsp3) is 1.00. The summed E-state index contributed by atoms with van der Waals surface area (Å²) in [5, 5.41) is 12.2. The molecule has 0 aromatic heterocycles. The smallest absolute Gasteiger partial charge is 0.0431 e. The summed E-state index contributed by atoms with van der Waals surface area (Å²) in [6.45, 7) is 3.86. The molecule has 2 N–H and O–H groups in total. The lowest BCUT2D eigenvalue weighted by Gasteiger charge is -2.30. The molecular weight excluding hydrogens is 176 g/mol. The number of rotatable bonds is 6. The lowest BCUT2D eigenvalue weighted by Crippen LogP contribution is -2.48. The topological polar surface area (TPSA) is 35.5 Å². The number of unbranched alkanes of at least 4 members (excludes halogenated alkanes) is 3. The summed E-state index contributed by atoms with van der Waals surface area (Å²) < 4.78 is 0. The SMILES string of the molecule is CN1CCNC(CCCCCCO)C1. The summed E-state index contributed by atoms with van der Waals surface area (Å²) in [5.41, 5.74) is 0. The molecule has 1 aliphatic heterocycles. The zero-order valence-electron chi connectivity index (χ0n) is 9.34. The van der Waals surface area contributed by atoms with Crippen LogP contribution in [0.15, 0.2) is 0 Å². The number of aliphatic hydroxyl groups excluding tert-OH is 1. The van der Waals surface area contributed by atoms with Crippen molar-refractivity contribution in [2.75, 3.05) is 33.3 Å². The fourth-order valence-electron chi connectivity index (χ4n) is 2.04. The van der Waals surface area contributed by atoms with Gasteiger partial charge in [-0.3, -0.25) is 0 Å². The van der Waals surface area contributed by atoms with E-state index in [-0.39, 0.29) is 0 Å². The van der Waals surface area contributed by atoms with Crippen LogP contribution in [0.25, 0.3) is 0 Å². The van der Waals surface area contributed by atoms with Gasteiger partial charge >= 0.3 is 0 Å². The van der Waals surface area contributed by atoms with E-state index in [1.165, 1.54) is 38.8 Å². The Kier molecular flexibility index (Phi) is 6.15. The van der Waals surface area contributed by atoms with Crippen molar-refractivity contribution in [3.8, 4) is 0 Å². The molecule has 3 heteroatoms. The van der Waals surface area contributed by atoms with Crippen LogP contribution in [0.5, 0.6) is 0 Å². The molecule has 1 saturated heterocycles. The summed E-state index contributed by atoms with van der Waals surface area (Å²) in [7, 11) is 2.19. The van der Waals surface area contributed by atoms with E-state index in [0.717, 1.165) is 13.0 Å². The van der Waals surface area contributed by atoms with Gasteiger partial charge in [0.15, 0.2) is 0 Å². The second kappa shape index (κ2) is 7.21. The molecule has 0 aromatic carbocycles. The molecule has 1 heterocycles. The molecular formula is C11H24N2O. The first-order chi connectivity index (χ1) is 6.83. The number of piperazine rings is 1.